The Hall–Kier alpha value is -0.250. The molecule has 0 aliphatic rings. The number of hydrogen-bond donors (Lipinski definition) is 1. The minimum atomic E-state index is -0.769. The molecule has 0 heterocycles. The summed E-state index contributed by atoms with van der Waals surface area (Å²) in [4.78, 5) is 0. The summed E-state index contributed by atoms with van der Waals surface area (Å²) in [5.41, 5.74) is 0.313. The van der Waals surface area contributed by atoms with E-state index >= 15 is 0 Å². The van der Waals surface area contributed by atoms with Gasteiger partial charge in [-0.15, -0.1) is 0 Å². The molecule has 0 fully saturated rings. The standard InChI is InChI=1S/C11H14ClFOS/c1-7(2)15-6-11(14)9-4-3-8(12)5-10(9)13/h3-5,7,11,14H,6H2,1-2H3. The lowest BCUT2D eigenvalue weighted by atomic mass is 10.1. The molecule has 1 unspecified atom stereocenters. The second-order valence-corrected chi connectivity index (χ2v) is 5.61. The minimum absolute atomic E-state index is 0.313. The van der Waals surface area contributed by atoms with Gasteiger partial charge in [-0.25, -0.2) is 4.39 Å². The molecule has 0 spiro atoms. The molecule has 84 valence electrons. The van der Waals surface area contributed by atoms with Gasteiger partial charge in [-0.2, -0.15) is 11.8 Å². The maximum Gasteiger partial charge on any atom is 0.130 e. The van der Waals surface area contributed by atoms with Crippen molar-refractivity contribution < 1.29 is 9.50 Å². The molecule has 0 aromatic heterocycles. The first-order valence-corrected chi connectivity index (χ1v) is 6.18. The fourth-order valence-corrected chi connectivity index (χ4v) is 2.05. The van der Waals surface area contributed by atoms with Crippen molar-refractivity contribution in [3.05, 3.63) is 34.6 Å². The van der Waals surface area contributed by atoms with Gasteiger partial charge in [0.15, 0.2) is 0 Å². The highest BCUT2D eigenvalue weighted by Gasteiger charge is 2.13. The summed E-state index contributed by atoms with van der Waals surface area (Å²) in [7, 11) is 0. The van der Waals surface area contributed by atoms with Gasteiger partial charge in [0.2, 0.25) is 0 Å². The number of aliphatic hydroxyl groups excluding tert-OH is 1. The van der Waals surface area contributed by atoms with Crippen molar-refractivity contribution in [3.63, 3.8) is 0 Å². The third kappa shape index (κ3) is 4.01. The van der Waals surface area contributed by atoms with Crippen molar-refractivity contribution >= 4 is 23.4 Å². The van der Waals surface area contributed by atoms with Crippen LogP contribution in [0.3, 0.4) is 0 Å². The first-order chi connectivity index (χ1) is 7.00. The molecule has 0 bridgehead atoms. The van der Waals surface area contributed by atoms with E-state index in [4.69, 9.17) is 11.6 Å². The van der Waals surface area contributed by atoms with E-state index in [-0.39, 0.29) is 0 Å². The molecule has 0 amide bonds. The molecule has 0 radical (unpaired) electrons. The first-order valence-electron chi connectivity index (χ1n) is 4.75. The Morgan fingerprint density at radius 1 is 1.47 bits per heavy atom. The van der Waals surface area contributed by atoms with E-state index in [1.165, 1.54) is 12.1 Å². The lowest BCUT2D eigenvalue weighted by Gasteiger charge is -2.13. The molecule has 1 aromatic rings. The van der Waals surface area contributed by atoms with E-state index in [9.17, 15) is 9.50 Å². The number of aliphatic hydroxyl groups is 1. The molecule has 0 aliphatic heterocycles. The zero-order chi connectivity index (χ0) is 11.4. The lowest BCUT2D eigenvalue weighted by Crippen LogP contribution is -2.05. The average Bonchev–Trinajstić information content (AvgIpc) is 2.14. The van der Waals surface area contributed by atoms with Crippen LogP contribution >= 0.6 is 23.4 Å². The van der Waals surface area contributed by atoms with Crippen LogP contribution in [0.5, 0.6) is 0 Å². The fraction of sp³-hybridized carbons (Fsp3) is 0.455. The second-order valence-electron chi connectivity index (χ2n) is 3.56. The molecule has 1 atom stereocenters. The van der Waals surface area contributed by atoms with Gasteiger partial charge in [-0.1, -0.05) is 31.5 Å². The third-order valence-electron chi connectivity index (χ3n) is 1.91. The van der Waals surface area contributed by atoms with Crippen LogP contribution in [0.4, 0.5) is 4.39 Å². The van der Waals surface area contributed by atoms with E-state index in [2.05, 4.69) is 0 Å². The molecule has 15 heavy (non-hydrogen) atoms. The molecule has 1 nitrogen and oxygen atoms in total. The fourth-order valence-electron chi connectivity index (χ4n) is 1.15. The van der Waals surface area contributed by atoms with Crippen molar-refractivity contribution in [3.8, 4) is 0 Å². The predicted octanol–water partition coefficient (Wildman–Crippen LogP) is 3.65. The Balaban J connectivity index is 2.69. The van der Waals surface area contributed by atoms with E-state index in [1.54, 1.807) is 17.8 Å². The normalized spacial score (nSPS) is 13.2. The lowest BCUT2D eigenvalue weighted by molar-refractivity contribution is 0.199. The van der Waals surface area contributed by atoms with Gasteiger partial charge in [-0.3, -0.25) is 0 Å². The van der Waals surface area contributed by atoms with Crippen LogP contribution in [0.15, 0.2) is 18.2 Å². The van der Waals surface area contributed by atoms with Crippen molar-refractivity contribution in [1.29, 1.82) is 0 Å². The molecular formula is C11H14ClFOS. The third-order valence-corrected chi connectivity index (χ3v) is 3.32. The topological polar surface area (TPSA) is 20.2 Å². The number of benzene rings is 1. The van der Waals surface area contributed by atoms with Gasteiger partial charge in [-0.05, 0) is 17.4 Å². The minimum Gasteiger partial charge on any atom is -0.387 e. The van der Waals surface area contributed by atoms with E-state index in [1.807, 2.05) is 13.8 Å². The summed E-state index contributed by atoms with van der Waals surface area (Å²) in [6.07, 6.45) is -0.769. The second kappa shape index (κ2) is 5.73. The molecule has 0 saturated carbocycles. The number of halogens is 2. The molecule has 4 heteroatoms. The van der Waals surface area contributed by atoms with E-state index in [0.29, 0.717) is 21.6 Å². The van der Waals surface area contributed by atoms with Crippen LogP contribution in [0.25, 0.3) is 0 Å². The van der Waals surface area contributed by atoms with Crippen molar-refractivity contribution in [2.75, 3.05) is 5.75 Å². The summed E-state index contributed by atoms with van der Waals surface area (Å²) in [5.74, 6) is 0.0512. The molecule has 1 aromatic carbocycles. The van der Waals surface area contributed by atoms with E-state index < -0.39 is 11.9 Å². The number of hydrogen-bond acceptors (Lipinski definition) is 2. The Bertz CT molecular complexity index is 330. The maximum absolute atomic E-state index is 13.4. The summed E-state index contributed by atoms with van der Waals surface area (Å²) >= 11 is 7.22. The van der Waals surface area contributed by atoms with Gasteiger partial charge >= 0.3 is 0 Å². The van der Waals surface area contributed by atoms with Gasteiger partial charge in [0.05, 0.1) is 6.10 Å². The Morgan fingerprint density at radius 2 is 2.13 bits per heavy atom. The van der Waals surface area contributed by atoms with E-state index in [0.717, 1.165) is 0 Å². The first kappa shape index (κ1) is 12.8. The highest BCUT2D eigenvalue weighted by atomic mass is 35.5. The Labute approximate surface area is 98.6 Å². The molecule has 1 N–H and O–H groups in total. The average molecular weight is 249 g/mol. The van der Waals surface area contributed by atoms with Gasteiger partial charge in [0, 0.05) is 16.3 Å². The van der Waals surface area contributed by atoms with Crippen molar-refractivity contribution in [1.82, 2.24) is 0 Å². The number of thioether (sulfide) groups is 1. The molecule has 1 rings (SSSR count). The van der Waals surface area contributed by atoms with Crippen LogP contribution in [0.1, 0.15) is 25.5 Å². The molecule has 0 aliphatic carbocycles. The summed E-state index contributed by atoms with van der Waals surface area (Å²) < 4.78 is 13.4. The SMILES string of the molecule is CC(C)SCC(O)c1ccc(Cl)cc1F. The highest BCUT2D eigenvalue weighted by molar-refractivity contribution is 7.99. The van der Waals surface area contributed by atoms with Crippen LogP contribution in [-0.2, 0) is 0 Å². The van der Waals surface area contributed by atoms with Crippen LogP contribution < -0.4 is 0 Å². The molecule has 0 saturated heterocycles. The zero-order valence-electron chi connectivity index (χ0n) is 8.71. The Morgan fingerprint density at radius 3 is 2.67 bits per heavy atom. The van der Waals surface area contributed by atoms with Crippen molar-refractivity contribution in [2.24, 2.45) is 0 Å². The summed E-state index contributed by atoms with van der Waals surface area (Å²) in [5, 5.41) is 10.5. The quantitative estimate of drug-likeness (QED) is 0.878. The maximum atomic E-state index is 13.4. The smallest absolute Gasteiger partial charge is 0.130 e. The van der Waals surface area contributed by atoms with Crippen LogP contribution in [-0.4, -0.2) is 16.1 Å². The Kier molecular flexibility index (Phi) is 4.90. The highest BCUT2D eigenvalue weighted by Crippen LogP contribution is 2.25. The van der Waals surface area contributed by atoms with Gasteiger partial charge in [0.25, 0.3) is 0 Å². The molecular weight excluding hydrogens is 235 g/mol. The van der Waals surface area contributed by atoms with Crippen molar-refractivity contribution in [2.45, 2.75) is 25.2 Å². The van der Waals surface area contributed by atoms with Crippen LogP contribution in [0.2, 0.25) is 5.02 Å². The number of rotatable bonds is 4. The zero-order valence-corrected chi connectivity index (χ0v) is 10.3. The van der Waals surface area contributed by atoms with Gasteiger partial charge in [0.1, 0.15) is 5.82 Å². The summed E-state index contributed by atoms with van der Waals surface area (Å²) in [6, 6.07) is 4.34. The largest absolute Gasteiger partial charge is 0.387 e. The monoisotopic (exact) mass is 248 g/mol. The summed E-state index contributed by atoms with van der Waals surface area (Å²) in [6.45, 7) is 4.07. The predicted molar refractivity (Wildman–Crippen MR) is 64.0 cm³/mol. The van der Waals surface area contributed by atoms with Crippen LogP contribution in [0, 0.1) is 5.82 Å². The van der Waals surface area contributed by atoms with Gasteiger partial charge < -0.3 is 5.11 Å².